The van der Waals surface area contributed by atoms with Crippen LogP contribution in [0.5, 0.6) is 5.75 Å². The molecule has 1 unspecified atom stereocenters. The number of likely N-dealkylation sites (tertiary alicyclic amines) is 1. The number of nitrogens with two attached hydrogens (primary N) is 1. The number of amidine groups is 1. The Hall–Kier alpha value is -1.75. The van der Waals surface area contributed by atoms with Gasteiger partial charge in [0.25, 0.3) is 0 Å². The molecular weight excluding hydrogens is 242 g/mol. The normalized spacial score (nSPS) is 20.7. The van der Waals surface area contributed by atoms with Crippen LogP contribution in [0.1, 0.15) is 18.4 Å². The van der Waals surface area contributed by atoms with Crippen molar-refractivity contribution in [1.82, 2.24) is 4.90 Å². The molecule has 0 radical (unpaired) electrons. The molecule has 1 heterocycles. The van der Waals surface area contributed by atoms with Crippen molar-refractivity contribution in [3.63, 3.8) is 0 Å². The second kappa shape index (κ2) is 6.43. The van der Waals surface area contributed by atoms with Crippen LogP contribution in [0.25, 0.3) is 0 Å². The summed E-state index contributed by atoms with van der Waals surface area (Å²) in [4.78, 5) is 2.28. The molecule has 5 nitrogen and oxygen atoms in total. The summed E-state index contributed by atoms with van der Waals surface area (Å²) in [6.07, 6.45) is 3.03. The van der Waals surface area contributed by atoms with Gasteiger partial charge in [-0.05, 0) is 43.5 Å². The van der Waals surface area contributed by atoms with Crippen LogP contribution >= 0.6 is 0 Å². The van der Waals surface area contributed by atoms with E-state index in [9.17, 15) is 0 Å². The Morgan fingerprint density at radius 3 is 2.84 bits per heavy atom. The number of hydrogen-bond donors (Lipinski definition) is 2. The van der Waals surface area contributed by atoms with Crippen molar-refractivity contribution in [2.45, 2.75) is 25.3 Å². The third kappa shape index (κ3) is 3.38. The van der Waals surface area contributed by atoms with Crippen molar-refractivity contribution in [3.05, 3.63) is 29.8 Å². The SMILES string of the molecule is COc1ccc(CCN2CCCC2C(N)=NO)cc1. The second-order valence-corrected chi connectivity index (χ2v) is 4.82. The van der Waals surface area contributed by atoms with Gasteiger partial charge in [0.15, 0.2) is 5.84 Å². The molecule has 0 bridgehead atoms. The van der Waals surface area contributed by atoms with Crippen molar-refractivity contribution in [3.8, 4) is 5.75 Å². The maximum atomic E-state index is 8.78. The van der Waals surface area contributed by atoms with E-state index >= 15 is 0 Å². The number of benzene rings is 1. The van der Waals surface area contributed by atoms with E-state index in [1.54, 1.807) is 7.11 Å². The molecule has 1 aromatic rings. The van der Waals surface area contributed by atoms with E-state index in [2.05, 4.69) is 22.2 Å². The quantitative estimate of drug-likeness (QED) is 0.365. The second-order valence-electron chi connectivity index (χ2n) is 4.82. The van der Waals surface area contributed by atoms with Crippen LogP contribution in [-0.2, 0) is 6.42 Å². The number of ether oxygens (including phenoxy) is 1. The fourth-order valence-electron chi connectivity index (χ4n) is 2.56. The molecular formula is C14H21N3O2. The van der Waals surface area contributed by atoms with E-state index in [-0.39, 0.29) is 6.04 Å². The summed E-state index contributed by atoms with van der Waals surface area (Å²) in [5.74, 6) is 1.20. The third-order valence-electron chi connectivity index (χ3n) is 3.67. The fourth-order valence-corrected chi connectivity index (χ4v) is 2.56. The van der Waals surface area contributed by atoms with Gasteiger partial charge in [0, 0.05) is 6.54 Å². The Balaban J connectivity index is 1.90. The van der Waals surface area contributed by atoms with Gasteiger partial charge in [0.2, 0.25) is 0 Å². The highest BCUT2D eigenvalue weighted by Crippen LogP contribution is 2.18. The van der Waals surface area contributed by atoms with E-state index in [0.29, 0.717) is 5.84 Å². The van der Waals surface area contributed by atoms with Crippen LogP contribution < -0.4 is 10.5 Å². The summed E-state index contributed by atoms with van der Waals surface area (Å²) in [5, 5.41) is 11.9. The maximum absolute atomic E-state index is 8.78. The summed E-state index contributed by atoms with van der Waals surface area (Å²) < 4.78 is 5.14. The summed E-state index contributed by atoms with van der Waals surface area (Å²) in [6, 6.07) is 8.19. The first kappa shape index (κ1) is 13.7. The number of hydrogen-bond acceptors (Lipinski definition) is 4. The molecule has 1 saturated heterocycles. The zero-order valence-corrected chi connectivity index (χ0v) is 11.2. The topological polar surface area (TPSA) is 71.1 Å². The molecule has 5 heteroatoms. The van der Waals surface area contributed by atoms with Crippen LogP contribution in [0.3, 0.4) is 0 Å². The van der Waals surface area contributed by atoms with Crippen LogP contribution in [0, 0.1) is 0 Å². The summed E-state index contributed by atoms with van der Waals surface area (Å²) in [7, 11) is 1.67. The lowest BCUT2D eigenvalue weighted by Crippen LogP contribution is -2.41. The van der Waals surface area contributed by atoms with Crippen LogP contribution in [0.2, 0.25) is 0 Å². The Morgan fingerprint density at radius 1 is 1.47 bits per heavy atom. The lowest BCUT2D eigenvalue weighted by molar-refractivity contribution is 0.282. The molecule has 0 aromatic heterocycles. The molecule has 1 aliphatic heterocycles. The number of nitrogens with zero attached hydrogens (tertiary/aromatic N) is 2. The summed E-state index contributed by atoms with van der Waals surface area (Å²) in [6.45, 7) is 1.93. The van der Waals surface area contributed by atoms with Crippen LogP contribution in [0.4, 0.5) is 0 Å². The van der Waals surface area contributed by atoms with Gasteiger partial charge >= 0.3 is 0 Å². The minimum absolute atomic E-state index is 0.0863. The van der Waals surface area contributed by atoms with E-state index in [1.807, 2.05) is 12.1 Å². The minimum Gasteiger partial charge on any atom is -0.497 e. The van der Waals surface area contributed by atoms with Crippen molar-refractivity contribution in [2.75, 3.05) is 20.2 Å². The molecule has 3 N–H and O–H groups in total. The van der Waals surface area contributed by atoms with Crippen molar-refractivity contribution in [1.29, 1.82) is 0 Å². The first-order valence-electron chi connectivity index (χ1n) is 6.59. The number of methoxy groups -OCH3 is 1. The third-order valence-corrected chi connectivity index (χ3v) is 3.67. The molecule has 19 heavy (non-hydrogen) atoms. The molecule has 0 saturated carbocycles. The molecule has 104 valence electrons. The Labute approximate surface area is 113 Å². The monoisotopic (exact) mass is 263 g/mol. The Kier molecular flexibility index (Phi) is 4.63. The largest absolute Gasteiger partial charge is 0.497 e. The van der Waals surface area contributed by atoms with Gasteiger partial charge in [-0.1, -0.05) is 17.3 Å². The van der Waals surface area contributed by atoms with Gasteiger partial charge in [-0.15, -0.1) is 0 Å². The summed E-state index contributed by atoms with van der Waals surface area (Å²) in [5.41, 5.74) is 6.99. The van der Waals surface area contributed by atoms with E-state index in [0.717, 1.165) is 38.1 Å². The van der Waals surface area contributed by atoms with E-state index in [1.165, 1.54) is 5.56 Å². The maximum Gasteiger partial charge on any atom is 0.156 e. The molecule has 2 rings (SSSR count). The van der Waals surface area contributed by atoms with Crippen molar-refractivity contribution >= 4 is 5.84 Å². The number of oxime groups is 1. The molecule has 1 aromatic carbocycles. The standard InChI is InChI=1S/C14H21N3O2/c1-19-12-6-4-11(5-7-12)8-10-17-9-2-3-13(17)14(15)16-18/h4-7,13,18H,2-3,8-10H2,1H3,(H2,15,16). The fraction of sp³-hybridized carbons (Fsp3) is 0.500. The predicted molar refractivity (Wildman–Crippen MR) is 74.7 cm³/mol. The van der Waals surface area contributed by atoms with Gasteiger partial charge < -0.3 is 15.7 Å². The molecule has 0 aliphatic carbocycles. The molecule has 1 atom stereocenters. The van der Waals surface area contributed by atoms with Gasteiger partial charge in [-0.2, -0.15) is 0 Å². The number of rotatable bonds is 5. The average molecular weight is 263 g/mol. The zero-order chi connectivity index (χ0) is 13.7. The first-order chi connectivity index (χ1) is 9.24. The smallest absolute Gasteiger partial charge is 0.156 e. The molecule has 0 amide bonds. The predicted octanol–water partition coefficient (Wildman–Crippen LogP) is 1.45. The lowest BCUT2D eigenvalue weighted by atomic mass is 10.1. The van der Waals surface area contributed by atoms with Gasteiger partial charge in [-0.3, -0.25) is 4.90 Å². The van der Waals surface area contributed by atoms with E-state index < -0.39 is 0 Å². The van der Waals surface area contributed by atoms with Gasteiger partial charge in [0.1, 0.15) is 5.75 Å². The van der Waals surface area contributed by atoms with E-state index in [4.69, 9.17) is 15.7 Å². The van der Waals surface area contributed by atoms with Gasteiger partial charge in [-0.25, -0.2) is 0 Å². The first-order valence-corrected chi connectivity index (χ1v) is 6.59. The Morgan fingerprint density at radius 2 is 2.21 bits per heavy atom. The molecule has 0 spiro atoms. The highest BCUT2D eigenvalue weighted by atomic mass is 16.5. The van der Waals surface area contributed by atoms with Crippen molar-refractivity contribution < 1.29 is 9.94 Å². The minimum atomic E-state index is 0.0863. The van der Waals surface area contributed by atoms with Crippen LogP contribution in [0.15, 0.2) is 29.4 Å². The van der Waals surface area contributed by atoms with Gasteiger partial charge in [0.05, 0.1) is 13.2 Å². The van der Waals surface area contributed by atoms with Crippen LogP contribution in [-0.4, -0.2) is 42.2 Å². The molecule has 1 aliphatic rings. The highest BCUT2D eigenvalue weighted by molar-refractivity contribution is 5.85. The zero-order valence-electron chi connectivity index (χ0n) is 11.2. The molecule has 1 fully saturated rings. The Bertz CT molecular complexity index is 431. The summed E-state index contributed by atoms with van der Waals surface area (Å²) >= 11 is 0. The highest BCUT2D eigenvalue weighted by Gasteiger charge is 2.27. The average Bonchev–Trinajstić information content (AvgIpc) is 2.93. The van der Waals surface area contributed by atoms with Crippen molar-refractivity contribution in [2.24, 2.45) is 10.9 Å². The lowest BCUT2D eigenvalue weighted by Gasteiger charge is -2.23.